The van der Waals surface area contributed by atoms with Crippen LogP contribution in [0.15, 0.2) is 84.9 Å². The highest BCUT2D eigenvalue weighted by Crippen LogP contribution is 2.34. The Morgan fingerprint density at radius 2 is 1.20 bits per heavy atom. The highest BCUT2D eigenvalue weighted by molar-refractivity contribution is 5.76. The Balaban J connectivity index is 1.70. The van der Waals surface area contributed by atoms with Gasteiger partial charge in [0.05, 0.1) is 7.11 Å². The van der Waals surface area contributed by atoms with Crippen molar-refractivity contribution < 1.29 is 13.5 Å². The molecule has 0 unspecified atom stereocenters. The van der Waals surface area contributed by atoms with Crippen molar-refractivity contribution in [2.75, 3.05) is 7.11 Å². The number of methoxy groups -OCH3 is 1. The Labute approximate surface area is 175 Å². The third-order valence-corrected chi connectivity index (χ3v) is 5.37. The lowest BCUT2D eigenvalue weighted by molar-refractivity contribution is 0.372. The number of hydrogen-bond acceptors (Lipinski definition) is 1. The summed E-state index contributed by atoms with van der Waals surface area (Å²) in [4.78, 5) is 0. The van der Waals surface area contributed by atoms with Crippen molar-refractivity contribution in [1.82, 2.24) is 0 Å². The van der Waals surface area contributed by atoms with Gasteiger partial charge < -0.3 is 4.74 Å². The van der Waals surface area contributed by atoms with E-state index in [1.807, 2.05) is 37.3 Å². The third kappa shape index (κ3) is 3.71. The van der Waals surface area contributed by atoms with E-state index in [4.69, 9.17) is 4.74 Å². The maximum absolute atomic E-state index is 14.6. The van der Waals surface area contributed by atoms with Crippen LogP contribution in [0.4, 0.5) is 8.78 Å². The van der Waals surface area contributed by atoms with Gasteiger partial charge in [-0.3, -0.25) is 0 Å². The molecule has 0 spiro atoms. The van der Waals surface area contributed by atoms with Crippen molar-refractivity contribution >= 4 is 0 Å². The first kappa shape index (κ1) is 19.8. The lowest BCUT2D eigenvalue weighted by Gasteiger charge is -2.14. The largest absolute Gasteiger partial charge is 0.494 e. The van der Waals surface area contributed by atoms with Crippen LogP contribution in [0.1, 0.15) is 12.5 Å². The van der Waals surface area contributed by atoms with Crippen LogP contribution < -0.4 is 4.74 Å². The van der Waals surface area contributed by atoms with E-state index >= 15 is 0 Å². The quantitative estimate of drug-likeness (QED) is 0.336. The standard InChI is InChI=1S/C27H22F2O/c1-3-18-17-22(21-11-9-20(10-12-21)19-7-5-4-6-8-19)13-14-23(18)24-15-16-25(30-2)27(29)26(24)28/h4-17H,3H2,1-2H3. The lowest BCUT2D eigenvalue weighted by atomic mass is 9.92. The number of aryl methyl sites for hydroxylation is 1. The number of halogens is 2. The van der Waals surface area contributed by atoms with Gasteiger partial charge in [-0.1, -0.05) is 79.7 Å². The van der Waals surface area contributed by atoms with E-state index in [2.05, 4.69) is 42.5 Å². The molecule has 0 atom stereocenters. The zero-order valence-corrected chi connectivity index (χ0v) is 17.0. The lowest BCUT2D eigenvalue weighted by Crippen LogP contribution is -1.97. The number of rotatable bonds is 5. The van der Waals surface area contributed by atoms with Crippen LogP contribution in [0.25, 0.3) is 33.4 Å². The van der Waals surface area contributed by atoms with Gasteiger partial charge in [0, 0.05) is 5.56 Å². The summed E-state index contributed by atoms with van der Waals surface area (Å²) in [5, 5.41) is 0. The molecule has 0 heterocycles. The van der Waals surface area contributed by atoms with Gasteiger partial charge in [-0.15, -0.1) is 0 Å². The molecule has 0 aromatic heterocycles. The minimum absolute atomic E-state index is 0.0931. The second-order valence-corrected chi connectivity index (χ2v) is 7.11. The first-order valence-corrected chi connectivity index (χ1v) is 9.93. The molecule has 0 saturated carbocycles. The number of benzene rings is 4. The molecule has 0 saturated heterocycles. The number of ether oxygens (including phenoxy) is 1. The Bertz CT molecular complexity index is 1170. The fraction of sp³-hybridized carbons (Fsp3) is 0.111. The van der Waals surface area contributed by atoms with Crippen molar-refractivity contribution in [3.05, 3.63) is 102 Å². The molecule has 0 aliphatic heterocycles. The van der Waals surface area contributed by atoms with Gasteiger partial charge in [-0.2, -0.15) is 4.39 Å². The van der Waals surface area contributed by atoms with E-state index in [0.29, 0.717) is 12.0 Å². The van der Waals surface area contributed by atoms with Crippen LogP contribution in [0.3, 0.4) is 0 Å². The fourth-order valence-corrected chi connectivity index (χ4v) is 3.71. The minimum Gasteiger partial charge on any atom is -0.494 e. The first-order valence-electron chi connectivity index (χ1n) is 9.93. The van der Waals surface area contributed by atoms with Crippen LogP contribution in [0.5, 0.6) is 5.75 Å². The van der Waals surface area contributed by atoms with Crippen molar-refractivity contribution in [2.24, 2.45) is 0 Å². The van der Waals surface area contributed by atoms with Crippen molar-refractivity contribution in [2.45, 2.75) is 13.3 Å². The summed E-state index contributed by atoms with van der Waals surface area (Å²) in [5.41, 5.74) is 6.36. The summed E-state index contributed by atoms with van der Waals surface area (Å²) in [6.07, 6.45) is 0.707. The summed E-state index contributed by atoms with van der Waals surface area (Å²) in [7, 11) is 1.33. The molecule has 0 bridgehead atoms. The zero-order chi connectivity index (χ0) is 21.1. The predicted molar refractivity (Wildman–Crippen MR) is 119 cm³/mol. The molecule has 0 aliphatic carbocycles. The molecule has 4 aromatic carbocycles. The molecule has 0 radical (unpaired) electrons. The summed E-state index contributed by atoms with van der Waals surface area (Å²) in [6, 6.07) is 27.5. The minimum atomic E-state index is -0.961. The molecule has 3 heteroatoms. The van der Waals surface area contributed by atoms with Crippen molar-refractivity contribution in [1.29, 1.82) is 0 Å². The Morgan fingerprint density at radius 3 is 1.83 bits per heavy atom. The smallest absolute Gasteiger partial charge is 0.201 e. The zero-order valence-electron chi connectivity index (χ0n) is 17.0. The second-order valence-electron chi connectivity index (χ2n) is 7.11. The molecule has 0 aliphatic rings. The SMILES string of the molecule is CCc1cc(-c2ccc(-c3ccccc3)cc2)ccc1-c1ccc(OC)c(F)c1F. The third-order valence-electron chi connectivity index (χ3n) is 5.37. The van der Waals surface area contributed by atoms with Crippen LogP contribution >= 0.6 is 0 Å². The monoisotopic (exact) mass is 400 g/mol. The highest BCUT2D eigenvalue weighted by atomic mass is 19.2. The number of hydrogen-bond donors (Lipinski definition) is 0. The summed E-state index contributed by atoms with van der Waals surface area (Å²) < 4.78 is 33.7. The summed E-state index contributed by atoms with van der Waals surface area (Å²) >= 11 is 0. The Morgan fingerprint density at radius 1 is 0.633 bits per heavy atom. The topological polar surface area (TPSA) is 9.23 Å². The molecule has 0 N–H and O–H groups in total. The Hall–Kier alpha value is -3.46. The van der Waals surface area contributed by atoms with Crippen LogP contribution in [-0.4, -0.2) is 7.11 Å². The van der Waals surface area contributed by atoms with Gasteiger partial charge in [0.25, 0.3) is 0 Å². The van der Waals surface area contributed by atoms with Gasteiger partial charge >= 0.3 is 0 Å². The van der Waals surface area contributed by atoms with Crippen LogP contribution in [-0.2, 0) is 6.42 Å². The van der Waals surface area contributed by atoms with Gasteiger partial charge in [-0.05, 0) is 51.9 Å². The van der Waals surface area contributed by atoms with E-state index < -0.39 is 11.6 Å². The van der Waals surface area contributed by atoms with Crippen LogP contribution in [0, 0.1) is 11.6 Å². The van der Waals surface area contributed by atoms with E-state index in [9.17, 15) is 8.78 Å². The maximum Gasteiger partial charge on any atom is 0.201 e. The molecular formula is C27H22F2O. The molecule has 150 valence electrons. The van der Waals surface area contributed by atoms with E-state index in [1.165, 1.54) is 18.7 Å². The predicted octanol–water partition coefficient (Wildman–Crippen LogP) is 7.54. The first-order chi connectivity index (χ1) is 14.6. The fourth-order valence-electron chi connectivity index (χ4n) is 3.71. The molecule has 30 heavy (non-hydrogen) atoms. The maximum atomic E-state index is 14.6. The molecule has 4 aromatic rings. The van der Waals surface area contributed by atoms with E-state index in [1.54, 1.807) is 6.07 Å². The average molecular weight is 400 g/mol. The molecule has 1 nitrogen and oxygen atoms in total. The van der Waals surface area contributed by atoms with Crippen LogP contribution in [0.2, 0.25) is 0 Å². The van der Waals surface area contributed by atoms with Crippen molar-refractivity contribution in [3.63, 3.8) is 0 Å². The second kappa shape index (κ2) is 8.50. The Kier molecular flexibility index (Phi) is 5.62. The summed E-state index contributed by atoms with van der Waals surface area (Å²) in [5.74, 6) is -1.94. The van der Waals surface area contributed by atoms with Gasteiger partial charge in [-0.25, -0.2) is 4.39 Å². The van der Waals surface area contributed by atoms with Gasteiger partial charge in [0.15, 0.2) is 11.6 Å². The molecule has 0 amide bonds. The molecule has 0 fully saturated rings. The normalized spacial score (nSPS) is 10.8. The van der Waals surface area contributed by atoms with Gasteiger partial charge in [0.1, 0.15) is 0 Å². The summed E-state index contributed by atoms with van der Waals surface area (Å²) in [6.45, 7) is 2.01. The molecular weight excluding hydrogens is 378 g/mol. The highest BCUT2D eigenvalue weighted by Gasteiger charge is 2.17. The van der Waals surface area contributed by atoms with E-state index in [0.717, 1.165) is 22.3 Å². The average Bonchev–Trinajstić information content (AvgIpc) is 2.81. The van der Waals surface area contributed by atoms with Gasteiger partial charge in [0.2, 0.25) is 5.82 Å². The molecule has 4 rings (SSSR count). The van der Waals surface area contributed by atoms with E-state index in [-0.39, 0.29) is 11.3 Å². The van der Waals surface area contributed by atoms with Crippen molar-refractivity contribution in [3.8, 4) is 39.1 Å².